The largest absolute Gasteiger partial charge is 0.466 e. The highest BCUT2D eigenvalue weighted by Crippen LogP contribution is 2.23. The van der Waals surface area contributed by atoms with Crippen molar-refractivity contribution < 1.29 is 22.7 Å². The quantitative estimate of drug-likeness (QED) is 0.776. The Morgan fingerprint density at radius 2 is 2.28 bits per heavy atom. The van der Waals surface area contributed by atoms with Gasteiger partial charge >= 0.3 is 5.97 Å². The van der Waals surface area contributed by atoms with Crippen LogP contribution in [0.4, 0.5) is 13.2 Å². The van der Waals surface area contributed by atoms with Crippen LogP contribution in [0.1, 0.15) is 30.3 Å². The molecule has 1 rings (SSSR count). The van der Waals surface area contributed by atoms with E-state index >= 15 is 0 Å². The third-order valence-electron chi connectivity index (χ3n) is 1.99. The predicted octanol–water partition coefficient (Wildman–Crippen LogP) is 2.14. The minimum atomic E-state index is -3.15. The van der Waals surface area contributed by atoms with Crippen LogP contribution in [0.25, 0.3) is 0 Å². The Bertz CT molecular complexity index is 498. The van der Waals surface area contributed by atoms with E-state index in [0.717, 1.165) is 6.07 Å². The Morgan fingerprint density at radius 1 is 1.61 bits per heavy atom. The van der Waals surface area contributed by atoms with Gasteiger partial charge in [0.1, 0.15) is 11.8 Å². The Morgan fingerprint density at radius 3 is 2.78 bits per heavy atom. The van der Waals surface area contributed by atoms with Crippen molar-refractivity contribution >= 4 is 5.97 Å². The fourth-order valence-electron chi connectivity index (χ4n) is 1.28. The zero-order valence-electron chi connectivity index (χ0n) is 9.41. The van der Waals surface area contributed by atoms with Gasteiger partial charge in [0, 0.05) is 0 Å². The molecule has 0 saturated carbocycles. The normalized spacial score (nSPS) is 10.2. The molecule has 0 saturated heterocycles. The number of carbonyl (C=O) groups excluding carboxylic acids is 1. The summed E-state index contributed by atoms with van der Waals surface area (Å²) in [5.74, 6) is -2.04. The fourth-order valence-corrected chi connectivity index (χ4v) is 1.28. The third kappa shape index (κ3) is 3.20. The van der Waals surface area contributed by atoms with Crippen molar-refractivity contribution in [3.63, 3.8) is 0 Å². The van der Waals surface area contributed by atoms with E-state index in [1.165, 1.54) is 6.07 Å². The predicted molar refractivity (Wildman–Crippen MR) is 54.2 cm³/mol. The molecule has 1 aromatic heterocycles. The number of hydrogen-bond acceptors (Lipinski definition) is 4. The second-order valence-corrected chi connectivity index (χ2v) is 3.25. The molecule has 0 atom stereocenters. The monoisotopic (exact) mass is 258 g/mol. The summed E-state index contributed by atoms with van der Waals surface area (Å²) in [4.78, 5) is 14.5. The molecule has 1 heterocycles. The molecule has 0 radical (unpaired) electrons. The maximum atomic E-state index is 13.3. The van der Waals surface area contributed by atoms with Gasteiger partial charge in [0.15, 0.2) is 5.82 Å². The molecule has 96 valence electrons. The van der Waals surface area contributed by atoms with Gasteiger partial charge in [0.25, 0.3) is 6.43 Å². The van der Waals surface area contributed by atoms with Crippen molar-refractivity contribution in [1.29, 1.82) is 5.26 Å². The van der Waals surface area contributed by atoms with E-state index < -0.39 is 29.5 Å². The number of pyridine rings is 1. The van der Waals surface area contributed by atoms with Crippen molar-refractivity contribution in [3.05, 3.63) is 28.8 Å². The molecule has 0 fully saturated rings. The molecule has 0 aliphatic rings. The molecular formula is C11H9F3N2O2. The van der Waals surface area contributed by atoms with Crippen LogP contribution >= 0.6 is 0 Å². The number of esters is 1. The first-order chi connectivity index (χ1) is 8.49. The Hall–Kier alpha value is -2.10. The lowest BCUT2D eigenvalue weighted by Crippen LogP contribution is -2.11. The first-order valence-corrected chi connectivity index (χ1v) is 5.02. The van der Waals surface area contributed by atoms with E-state index in [0.29, 0.717) is 0 Å². The maximum absolute atomic E-state index is 13.3. The topological polar surface area (TPSA) is 63.0 Å². The first-order valence-electron chi connectivity index (χ1n) is 5.02. The number of hydrogen-bond donors (Lipinski definition) is 0. The van der Waals surface area contributed by atoms with Crippen LogP contribution in [0.3, 0.4) is 0 Å². The minimum Gasteiger partial charge on any atom is -0.466 e. The molecule has 7 heteroatoms. The molecule has 0 spiro atoms. The van der Waals surface area contributed by atoms with E-state index in [4.69, 9.17) is 5.26 Å². The number of alkyl halides is 2. The summed E-state index contributed by atoms with van der Waals surface area (Å²) in [5, 5.41) is 8.61. The summed E-state index contributed by atoms with van der Waals surface area (Å²) < 4.78 is 42.9. The highest BCUT2D eigenvalue weighted by molar-refractivity contribution is 5.72. The second-order valence-electron chi connectivity index (χ2n) is 3.25. The number of nitriles is 1. The minimum absolute atomic E-state index is 0.123. The zero-order chi connectivity index (χ0) is 13.7. The first kappa shape index (κ1) is 14.0. The number of nitrogens with zero attached hydrogens (tertiary/aromatic N) is 2. The van der Waals surface area contributed by atoms with Gasteiger partial charge < -0.3 is 4.74 Å². The third-order valence-corrected chi connectivity index (χ3v) is 1.99. The Kier molecular flexibility index (Phi) is 4.66. The molecule has 0 unspecified atom stereocenters. The van der Waals surface area contributed by atoms with Crippen LogP contribution in [-0.2, 0) is 16.0 Å². The van der Waals surface area contributed by atoms with E-state index in [1.807, 2.05) is 0 Å². The summed E-state index contributed by atoms with van der Waals surface area (Å²) in [6.07, 6.45) is -3.54. The van der Waals surface area contributed by atoms with Crippen LogP contribution in [0.5, 0.6) is 0 Å². The smallest absolute Gasteiger partial charge is 0.311 e. The molecule has 0 aliphatic carbocycles. The van der Waals surface area contributed by atoms with Crippen LogP contribution in [0, 0.1) is 17.1 Å². The van der Waals surface area contributed by atoms with Gasteiger partial charge in [-0.15, -0.1) is 0 Å². The van der Waals surface area contributed by atoms with E-state index in [-0.39, 0.29) is 18.7 Å². The van der Waals surface area contributed by atoms with Crippen molar-refractivity contribution in [1.82, 2.24) is 4.98 Å². The molecule has 4 nitrogen and oxygen atoms in total. The lowest BCUT2D eigenvalue weighted by atomic mass is 10.1. The van der Waals surface area contributed by atoms with Gasteiger partial charge in [0.2, 0.25) is 0 Å². The number of halogens is 3. The lowest BCUT2D eigenvalue weighted by molar-refractivity contribution is -0.142. The van der Waals surface area contributed by atoms with Crippen molar-refractivity contribution in [2.75, 3.05) is 6.61 Å². The summed E-state index contributed by atoms with van der Waals surface area (Å²) in [6.45, 7) is 1.72. The molecular weight excluding hydrogens is 249 g/mol. The average molecular weight is 258 g/mol. The van der Waals surface area contributed by atoms with Crippen LogP contribution in [-0.4, -0.2) is 17.6 Å². The molecule has 1 aromatic rings. The van der Waals surface area contributed by atoms with Crippen LogP contribution in [0.15, 0.2) is 6.07 Å². The fraction of sp³-hybridized carbons (Fsp3) is 0.364. The Balaban J connectivity index is 3.11. The van der Waals surface area contributed by atoms with Crippen molar-refractivity contribution in [2.45, 2.75) is 19.8 Å². The highest BCUT2D eigenvalue weighted by Gasteiger charge is 2.21. The summed E-state index contributed by atoms with van der Waals surface area (Å²) >= 11 is 0. The van der Waals surface area contributed by atoms with Gasteiger partial charge in [-0.1, -0.05) is 0 Å². The zero-order valence-corrected chi connectivity index (χ0v) is 9.41. The second kappa shape index (κ2) is 6.00. The van der Waals surface area contributed by atoms with Crippen LogP contribution in [0.2, 0.25) is 0 Å². The number of aromatic nitrogens is 1. The van der Waals surface area contributed by atoms with E-state index in [1.54, 1.807) is 6.92 Å². The van der Waals surface area contributed by atoms with E-state index in [9.17, 15) is 18.0 Å². The van der Waals surface area contributed by atoms with Crippen molar-refractivity contribution in [2.24, 2.45) is 0 Å². The molecule has 18 heavy (non-hydrogen) atoms. The van der Waals surface area contributed by atoms with Crippen molar-refractivity contribution in [3.8, 4) is 6.07 Å². The molecule has 0 bridgehead atoms. The molecule has 0 N–H and O–H groups in total. The summed E-state index contributed by atoms with van der Waals surface area (Å²) in [5.41, 5.74) is -1.82. The van der Waals surface area contributed by atoms with Gasteiger partial charge in [0.05, 0.1) is 24.3 Å². The standard InChI is InChI=1S/C11H9F3N2O2/c1-2-18-8(17)4-7-3-6(5-15)9(12)10(16-7)11(13)14/h3,11H,2,4H2,1H3. The van der Waals surface area contributed by atoms with Gasteiger partial charge in [-0.05, 0) is 13.0 Å². The highest BCUT2D eigenvalue weighted by atomic mass is 19.3. The number of ether oxygens (including phenoxy) is 1. The lowest BCUT2D eigenvalue weighted by Gasteiger charge is -2.06. The van der Waals surface area contributed by atoms with Gasteiger partial charge in [-0.25, -0.2) is 18.2 Å². The molecule has 0 amide bonds. The van der Waals surface area contributed by atoms with Crippen LogP contribution < -0.4 is 0 Å². The summed E-state index contributed by atoms with van der Waals surface area (Å²) in [6, 6.07) is 2.39. The Labute approximate surface area is 101 Å². The number of carbonyl (C=O) groups is 1. The maximum Gasteiger partial charge on any atom is 0.311 e. The summed E-state index contributed by atoms with van der Waals surface area (Å²) in [7, 11) is 0. The molecule has 0 aromatic carbocycles. The van der Waals surface area contributed by atoms with Gasteiger partial charge in [-0.3, -0.25) is 4.79 Å². The number of rotatable bonds is 4. The SMILES string of the molecule is CCOC(=O)Cc1cc(C#N)c(F)c(C(F)F)n1. The van der Waals surface area contributed by atoms with E-state index in [2.05, 4.69) is 9.72 Å². The average Bonchev–Trinajstić information content (AvgIpc) is 2.31. The molecule has 0 aliphatic heterocycles. The van der Waals surface area contributed by atoms with Gasteiger partial charge in [-0.2, -0.15) is 5.26 Å².